The van der Waals surface area contributed by atoms with Crippen LogP contribution in [0.2, 0.25) is 0 Å². The largest absolute Gasteiger partial charge is 0.457 e. The number of carbonyl (C=O) groups is 3. The number of carbonyl (C=O) groups excluding carboxylic acids is 3. The van der Waals surface area contributed by atoms with Crippen LogP contribution in [0.25, 0.3) is 0 Å². The minimum atomic E-state index is -2.48. The van der Waals surface area contributed by atoms with Crippen molar-refractivity contribution in [2.75, 3.05) is 11.9 Å². The molecule has 184 valence electrons. The fourth-order valence-electron chi connectivity index (χ4n) is 2.86. The van der Waals surface area contributed by atoms with Gasteiger partial charge in [-0.25, -0.2) is 14.4 Å². The molecule has 0 spiro atoms. The van der Waals surface area contributed by atoms with Crippen LogP contribution in [-0.2, 0) is 30.2 Å². The van der Waals surface area contributed by atoms with Gasteiger partial charge in [0, 0.05) is 5.56 Å². The Labute approximate surface area is 206 Å². The number of benzene rings is 1. The van der Waals surface area contributed by atoms with E-state index in [1.54, 1.807) is 27.7 Å². The summed E-state index contributed by atoms with van der Waals surface area (Å²) in [4.78, 5) is 37.9. The summed E-state index contributed by atoms with van der Waals surface area (Å²) in [7, 11) is 0. The van der Waals surface area contributed by atoms with Crippen molar-refractivity contribution in [2.45, 2.75) is 69.2 Å². The summed E-state index contributed by atoms with van der Waals surface area (Å²) in [6.45, 7) is 7.91. The molecular formula is C21H26Cl3NO8. The van der Waals surface area contributed by atoms with Crippen molar-refractivity contribution in [2.24, 2.45) is 0 Å². The van der Waals surface area contributed by atoms with E-state index in [1.807, 2.05) is 6.92 Å². The molecule has 0 aliphatic carbocycles. The van der Waals surface area contributed by atoms with Gasteiger partial charge >= 0.3 is 23.8 Å². The predicted molar refractivity (Wildman–Crippen MR) is 122 cm³/mol. The van der Waals surface area contributed by atoms with Gasteiger partial charge in [0.1, 0.15) is 6.61 Å². The van der Waals surface area contributed by atoms with Gasteiger partial charge in [0.25, 0.3) is 0 Å². The van der Waals surface area contributed by atoms with E-state index in [0.717, 1.165) is 0 Å². The summed E-state index contributed by atoms with van der Waals surface area (Å²) in [5, 5.41) is 2.54. The highest BCUT2D eigenvalue weighted by molar-refractivity contribution is 6.67. The Bertz CT molecular complexity index is 876. The number of anilines is 1. The van der Waals surface area contributed by atoms with Crippen molar-refractivity contribution >= 4 is 58.5 Å². The van der Waals surface area contributed by atoms with E-state index < -0.39 is 46.4 Å². The molecule has 1 aliphatic heterocycles. The third-order valence-corrected chi connectivity index (χ3v) is 4.38. The molecule has 0 atom stereocenters. The number of halogens is 3. The van der Waals surface area contributed by atoms with Crippen molar-refractivity contribution in [3.8, 4) is 11.5 Å². The first-order valence-electron chi connectivity index (χ1n) is 10.3. The highest BCUT2D eigenvalue weighted by atomic mass is 35.6. The summed E-state index contributed by atoms with van der Waals surface area (Å²) >= 11 is 16.8. The second kappa shape index (κ2) is 10.9. The zero-order chi connectivity index (χ0) is 25.0. The standard InChI is InChI=1S/C21H26Cl3NO8/c1-6-7-13-14(25-19(28)29-10-20(22,23)24)8-9-15-16(13)33-21(32-15,17(26)30-11(2)3)18(27)31-12(4)5/h8-9,11-12H,6-7,10H2,1-5H3,(H,25,28). The van der Waals surface area contributed by atoms with Gasteiger partial charge in [-0.05, 0) is 46.2 Å². The van der Waals surface area contributed by atoms with Crippen molar-refractivity contribution in [1.29, 1.82) is 0 Å². The molecular weight excluding hydrogens is 501 g/mol. The first kappa shape index (κ1) is 27.1. The lowest BCUT2D eigenvalue weighted by atomic mass is 10.1. The molecule has 33 heavy (non-hydrogen) atoms. The lowest BCUT2D eigenvalue weighted by Gasteiger charge is -2.25. The molecule has 1 aliphatic rings. The monoisotopic (exact) mass is 525 g/mol. The number of nitrogens with one attached hydrogen (secondary N) is 1. The van der Waals surface area contributed by atoms with Gasteiger partial charge in [-0.1, -0.05) is 48.1 Å². The first-order chi connectivity index (χ1) is 15.3. The minimum absolute atomic E-state index is 0.0949. The van der Waals surface area contributed by atoms with Gasteiger partial charge in [-0.2, -0.15) is 0 Å². The SMILES string of the molecule is CCCc1c(NC(=O)OCC(Cl)(Cl)Cl)ccc2c1OC(C(=O)OC(C)C)(C(=O)OC(C)C)O2. The third kappa shape index (κ3) is 6.94. The zero-order valence-corrected chi connectivity index (χ0v) is 21.1. The minimum Gasteiger partial charge on any atom is -0.457 e. The second-order valence-electron chi connectivity index (χ2n) is 7.71. The van der Waals surface area contributed by atoms with E-state index in [2.05, 4.69) is 5.32 Å². The fraction of sp³-hybridized carbons (Fsp3) is 0.571. The van der Waals surface area contributed by atoms with Crippen LogP contribution in [-0.4, -0.2) is 46.4 Å². The molecule has 0 saturated carbocycles. The van der Waals surface area contributed by atoms with Crippen LogP contribution in [0.4, 0.5) is 10.5 Å². The molecule has 0 bridgehead atoms. The topological polar surface area (TPSA) is 109 Å². The summed E-state index contributed by atoms with van der Waals surface area (Å²) in [5.41, 5.74) is 0.774. The molecule has 0 radical (unpaired) electrons. The van der Waals surface area contributed by atoms with Crippen molar-refractivity contribution < 1.29 is 38.1 Å². The van der Waals surface area contributed by atoms with Crippen LogP contribution in [0.15, 0.2) is 12.1 Å². The average molecular weight is 527 g/mol. The Morgan fingerprint density at radius 3 is 2.09 bits per heavy atom. The molecule has 0 unspecified atom stereocenters. The molecule has 1 aromatic rings. The lowest BCUT2D eigenvalue weighted by molar-refractivity contribution is -0.207. The van der Waals surface area contributed by atoms with Crippen LogP contribution >= 0.6 is 34.8 Å². The predicted octanol–water partition coefficient (Wildman–Crippen LogP) is 4.93. The van der Waals surface area contributed by atoms with E-state index in [0.29, 0.717) is 24.1 Å². The van der Waals surface area contributed by atoms with Gasteiger partial charge < -0.3 is 23.7 Å². The molecule has 0 aromatic heterocycles. The molecule has 1 amide bonds. The maximum Gasteiger partial charge on any atom is 0.453 e. The Morgan fingerprint density at radius 2 is 1.61 bits per heavy atom. The second-order valence-corrected chi connectivity index (χ2v) is 10.2. The normalized spacial score (nSPS) is 14.2. The van der Waals surface area contributed by atoms with Gasteiger partial charge in [0.15, 0.2) is 11.5 Å². The number of rotatable bonds is 8. The van der Waals surface area contributed by atoms with Crippen LogP contribution in [0.3, 0.4) is 0 Å². The summed E-state index contributed by atoms with van der Waals surface area (Å²) in [5.74, 6) is -4.39. The molecule has 2 rings (SSSR count). The van der Waals surface area contributed by atoms with Crippen LogP contribution in [0, 0.1) is 0 Å². The number of fused-ring (bicyclic) bond motifs is 1. The van der Waals surface area contributed by atoms with E-state index in [4.69, 9.17) is 58.5 Å². The highest BCUT2D eigenvalue weighted by Crippen LogP contribution is 2.46. The van der Waals surface area contributed by atoms with Crippen LogP contribution in [0.1, 0.15) is 46.6 Å². The highest BCUT2D eigenvalue weighted by Gasteiger charge is 2.60. The maximum atomic E-state index is 12.9. The molecule has 1 aromatic carbocycles. The number of hydrogen-bond acceptors (Lipinski definition) is 8. The number of hydrogen-bond donors (Lipinski definition) is 1. The molecule has 12 heteroatoms. The Balaban J connectivity index is 2.41. The van der Waals surface area contributed by atoms with E-state index in [9.17, 15) is 14.4 Å². The summed E-state index contributed by atoms with van der Waals surface area (Å²) in [6, 6.07) is 2.95. The number of ether oxygens (including phenoxy) is 5. The number of esters is 2. The number of alkyl halides is 3. The Hall–Kier alpha value is -2.10. The van der Waals surface area contributed by atoms with Gasteiger partial charge in [-0.3, -0.25) is 5.32 Å². The Kier molecular flexibility index (Phi) is 8.95. The quantitative estimate of drug-likeness (QED) is 0.220. The fourth-order valence-corrected chi connectivity index (χ4v) is 3.02. The van der Waals surface area contributed by atoms with E-state index >= 15 is 0 Å². The van der Waals surface area contributed by atoms with Crippen molar-refractivity contribution in [1.82, 2.24) is 0 Å². The van der Waals surface area contributed by atoms with E-state index in [1.165, 1.54) is 12.1 Å². The smallest absolute Gasteiger partial charge is 0.453 e. The van der Waals surface area contributed by atoms with Gasteiger partial charge in [0.2, 0.25) is 3.79 Å². The van der Waals surface area contributed by atoms with Crippen LogP contribution < -0.4 is 14.8 Å². The lowest BCUT2D eigenvalue weighted by Crippen LogP contribution is -2.56. The van der Waals surface area contributed by atoms with Crippen molar-refractivity contribution in [3.05, 3.63) is 17.7 Å². The molecule has 1 heterocycles. The van der Waals surface area contributed by atoms with Crippen LogP contribution in [0.5, 0.6) is 11.5 Å². The molecule has 9 nitrogen and oxygen atoms in total. The summed E-state index contributed by atoms with van der Waals surface area (Å²) < 4.78 is 25.1. The van der Waals surface area contributed by atoms with Gasteiger partial charge in [-0.15, -0.1) is 0 Å². The molecule has 1 N–H and O–H groups in total. The van der Waals surface area contributed by atoms with E-state index in [-0.39, 0.29) is 11.5 Å². The molecule has 0 fully saturated rings. The Morgan fingerprint density at radius 1 is 1.03 bits per heavy atom. The third-order valence-electron chi connectivity index (χ3n) is 4.05. The van der Waals surface area contributed by atoms with Crippen molar-refractivity contribution in [3.63, 3.8) is 0 Å². The maximum absolute atomic E-state index is 12.9. The average Bonchev–Trinajstić information content (AvgIpc) is 3.08. The zero-order valence-electron chi connectivity index (χ0n) is 18.8. The van der Waals surface area contributed by atoms with Gasteiger partial charge in [0.05, 0.1) is 17.9 Å². The number of amides is 1. The first-order valence-corrected chi connectivity index (χ1v) is 11.4. The summed E-state index contributed by atoms with van der Waals surface area (Å²) in [6.07, 6.45) is -0.921. The molecule has 0 saturated heterocycles.